The highest BCUT2D eigenvalue weighted by Gasteiger charge is 2.17. The third kappa shape index (κ3) is 4.95. The Bertz CT molecular complexity index is 1100. The minimum absolute atomic E-state index is 0.288. The molecule has 0 spiro atoms. The maximum Gasteiger partial charge on any atom is 0.255 e. The van der Waals surface area contributed by atoms with Crippen molar-refractivity contribution in [3.8, 4) is 17.2 Å². The molecule has 0 aliphatic carbocycles. The van der Waals surface area contributed by atoms with E-state index in [1.54, 1.807) is 55.6 Å². The smallest absolute Gasteiger partial charge is 0.255 e. The van der Waals surface area contributed by atoms with Crippen LogP contribution in [-0.2, 0) is 0 Å². The molecule has 3 aromatic rings. The maximum atomic E-state index is 12.8. The molecule has 31 heavy (non-hydrogen) atoms. The molecule has 0 radical (unpaired) electrons. The monoisotopic (exact) mass is 420 g/mol. The summed E-state index contributed by atoms with van der Waals surface area (Å²) in [5.74, 6) is 0.749. The van der Waals surface area contributed by atoms with Crippen LogP contribution < -0.4 is 24.8 Å². The molecule has 2 amide bonds. The zero-order chi connectivity index (χ0) is 22.4. The second-order valence-electron chi connectivity index (χ2n) is 6.71. The summed E-state index contributed by atoms with van der Waals surface area (Å²) >= 11 is 0. The lowest BCUT2D eigenvalue weighted by Crippen LogP contribution is -2.15. The summed E-state index contributed by atoms with van der Waals surface area (Å²) < 4.78 is 16.1. The van der Waals surface area contributed by atoms with Crippen molar-refractivity contribution in [2.45, 2.75) is 6.92 Å². The Morgan fingerprint density at radius 3 is 1.68 bits per heavy atom. The minimum atomic E-state index is -0.334. The SMILES string of the molecule is COc1cc(C(=O)Nc2cc(OC)c(NC(=O)c3ccccc3)cc2OC)ccc1C. The summed E-state index contributed by atoms with van der Waals surface area (Å²) in [6, 6.07) is 17.2. The zero-order valence-corrected chi connectivity index (χ0v) is 17.8. The van der Waals surface area contributed by atoms with E-state index in [0.29, 0.717) is 39.8 Å². The standard InChI is InChI=1S/C24H24N2O5/c1-15-10-11-17(12-20(15)29-2)24(28)26-19-14-21(30-3)18(13-22(19)31-4)25-23(27)16-8-6-5-7-9-16/h5-14H,1-4H3,(H,25,27)(H,26,28). The minimum Gasteiger partial charge on any atom is -0.496 e. The van der Waals surface area contributed by atoms with Crippen molar-refractivity contribution in [2.75, 3.05) is 32.0 Å². The molecule has 0 aliphatic rings. The fourth-order valence-electron chi connectivity index (χ4n) is 3.03. The molecular weight excluding hydrogens is 396 g/mol. The Morgan fingerprint density at radius 1 is 0.645 bits per heavy atom. The van der Waals surface area contributed by atoms with Crippen LogP contribution in [0.2, 0.25) is 0 Å². The molecule has 3 rings (SSSR count). The van der Waals surface area contributed by atoms with Crippen LogP contribution in [0.3, 0.4) is 0 Å². The fraction of sp³-hybridized carbons (Fsp3) is 0.167. The molecule has 0 saturated heterocycles. The summed E-state index contributed by atoms with van der Waals surface area (Å²) in [5, 5.41) is 5.64. The van der Waals surface area contributed by atoms with Gasteiger partial charge < -0.3 is 24.8 Å². The predicted octanol–water partition coefficient (Wildman–Crippen LogP) is 4.53. The topological polar surface area (TPSA) is 85.9 Å². The van der Waals surface area contributed by atoms with Gasteiger partial charge in [-0.2, -0.15) is 0 Å². The molecule has 3 aromatic carbocycles. The highest BCUT2D eigenvalue weighted by atomic mass is 16.5. The van der Waals surface area contributed by atoms with Crippen molar-refractivity contribution >= 4 is 23.2 Å². The molecule has 0 saturated carbocycles. The highest BCUT2D eigenvalue weighted by Crippen LogP contribution is 2.37. The fourth-order valence-corrected chi connectivity index (χ4v) is 3.03. The Hall–Kier alpha value is -4.00. The summed E-state index contributed by atoms with van der Waals surface area (Å²) in [6.45, 7) is 1.90. The quantitative estimate of drug-likeness (QED) is 0.587. The van der Waals surface area contributed by atoms with Crippen LogP contribution in [-0.4, -0.2) is 33.1 Å². The van der Waals surface area contributed by atoms with E-state index < -0.39 is 0 Å². The number of ether oxygens (including phenoxy) is 3. The summed E-state index contributed by atoms with van der Waals surface area (Å²) in [7, 11) is 4.52. The van der Waals surface area contributed by atoms with E-state index in [9.17, 15) is 9.59 Å². The second kappa shape index (κ2) is 9.67. The lowest BCUT2D eigenvalue weighted by atomic mass is 10.1. The van der Waals surface area contributed by atoms with E-state index in [1.165, 1.54) is 14.2 Å². The molecule has 0 atom stereocenters. The molecular formula is C24H24N2O5. The van der Waals surface area contributed by atoms with Crippen LogP contribution in [0.5, 0.6) is 17.2 Å². The van der Waals surface area contributed by atoms with Gasteiger partial charge in [-0.3, -0.25) is 9.59 Å². The largest absolute Gasteiger partial charge is 0.496 e. The van der Waals surface area contributed by atoms with E-state index in [0.717, 1.165) is 5.56 Å². The van der Waals surface area contributed by atoms with Crippen LogP contribution in [0.4, 0.5) is 11.4 Å². The first-order valence-corrected chi connectivity index (χ1v) is 9.55. The molecule has 0 aromatic heterocycles. The van der Waals surface area contributed by atoms with Gasteiger partial charge in [-0.05, 0) is 36.8 Å². The Labute approximate surface area is 180 Å². The molecule has 0 aliphatic heterocycles. The van der Waals surface area contributed by atoms with Crippen molar-refractivity contribution in [2.24, 2.45) is 0 Å². The van der Waals surface area contributed by atoms with Gasteiger partial charge in [0.2, 0.25) is 0 Å². The molecule has 0 bridgehead atoms. The molecule has 2 N–H and O–H groups in total. The van der Waals surface area contributed by atoms with Gasteiger partial charge >= 0.3 is 0 Å². The van der Waals surface area contributed by atoms with Crippen molar-refractivity contribution in [1.82, 2.24) is 0 Å². The number of anilines is 2. The summed E-state index contributed by atoms with van der Waals surface area (Å²) in [5.41, 5.74) is 2.70. The Morgan fingerprint density at radius 2 is 1.16 bits per heavy atom. The second-order valence-corrected chi connectivity index (χ2v) is 6.71. The van der Waals surface area contributed by atoms with E-state index in [4.69, 9.17) is 14.2 Å². The molecule has 0 heterocycles. The third-order valence-corrected chi connectivity index (χ3v) is 4.72. The first-order valence-electron chi connectivity index (χ1n) is 9.55. The van der Waals surface area contributed by atoms with Gasteiger partial charge in [-0.1, -0.05) is 24.3 Å². The molecule has 7 heteroatoms. The van der Waals surface area contributed by atoms with Gasteiger partial charge in [0, 0.05) is 23.3 Å². The lowest BCUT2D eigenvalue weighted by molar-refractivity contribution is 0.101. The molecule has 160 valence electrons. The number of carbonyl (C=O) groups excluding carboxylic acids is 2. The summed E-state index contributed by atoms with van der Waals surface area (Å²) in [4.78, 5) is 25.3. The van der Waals surface area contributed by atoms with Crippen molar-refractivity contribution in [3.05, 3.63) is 77.4 Å². The lowest BCUT2D eigenvalue weighted by Gasteiger charge is -2.16. The highest BCUT2D eigenvalue weighted by molar-refractivity contribution is 6.07. The van der Waals surface area contributed by atoms with Crippen molar-refractivity contribution < 1.29 is 23.8 Å². The van der Waals surface area contributed by atoms with Gasteiger partial charge in [0.05, 0.1) is 32.7 Å². The third-order valence-electron chi connectivity index (χ3n) is 4.72. The van der Waals surface area contributed by atoms with Crippen molar-refractivity contribution in [1.29, 1.82) is 0 Å². The number of methoxy groups -OCH3 is 3. The Balaban J connectivity index is 1.88. The van der Waals surface area contributed by atoms with Crippen molar-refractivity contribution in [3.63, 3.8) is 0 Å². The predicted molar refractivity (Wildman–Crippen MR) is 120 cm³/mol. The van der Waals surface area contributed by atoms with Gasteiger partial charge in [0.25, 0.3) is 11.8 Å². The van der Waals surface area contributed by atoms with Crippen LogP contribution in [0.1, 0.15) is 26.3 Å². The van der Waals surface area contributed by atoms with Crippen LogP contribution in [0, 0.1) is 6.92 Å². The number of rotatable bonds is 7. The number of carbonyl (C=O) groups is 2. The average Bonchev–Trinajstić information content (AvgIpc) is 2.80. The van der Waals surface area contributed by atoms with E-state index in [-0.39, 0.29) is 11.8 Å². The average molecular weight is 420 g/mol. The number of aryl methyl sites for hydroxylation is 1. The molecule has 0 unspecified atom stereocenters. The number of amides is 2. The Kier molecular flexibility index (Phi) is 6.77. The van der Waals surface area contributed by atoms with Crippen LogP contribution in [0.25, 0.3) is 0 Å². The zero-order valence-electron chi connectivity index (χ0n) is 17.8. The van der Waals surface area contributed by atoms with Crippen LogP contribution in [0.15, 0.2) is 60.7 Å². The first kappa shape index (κ1) is 21.7. The van der Waals surface area contributed by atoms with Gasteiger partial charge in [0.1, 0.15) is 17.2 Å². The maximum absolute atomic E-state index is 12.8. The number of benzene rings is 3. The van der Waals surface area contributed by atoms with Gasteiger partial charge in [-0.25, -0.2) is 0 Å². The number of hydrogen-bond acceptors (Lipinski definition) is 5. The number of nitrogens with one attached hydrogen (secondary N) is 2. The van der Waals surface area contributed by atoms with E-state index in [1.807, 2.05) is 19.1 Å². The van der Waals surface area contributed by atoms with Gasteiger partial charge in [-0.15, -0.1) is 0 Å². The normalized spacial score (nSPS) is 10.2. The van der Waals surface area contributed by atoms with Gasteiger partial charge in [0.15, 0.2) is 0 Å². The summed E-state index contributed by atoms with van der Waals surface area (Å²) in [6.07, 6.45) is 0. The molecule has 7 nitrogen and oxygen atoms in total. The molecule has 0 fully saturated rings. The number of hydrogen-bond donors (Lipinski definition) is 2. The van der Waals surface area contributed by atoms with Crippen LogP contribution >= 0.6 is 0 Å². The first-order chi connectivity index (χ1) is 15.0. The van der Waals surface area contributed by atoms with E-state index >= 15 is 0 Å². The van der Waals surface area contributed by atoms with E-state index in [2.05, 4.69) is 10.6 Å².